The Morgan fingerprint density at radius 3 is 2.68 bits per heavy atom. The fourth-order valence-corrected chi connectivity index (χ4v) is 3.38. The largest absolute Gasteiger partial charge is 0.454 e. The minimum absolute atomic E-state index is 0.0734. The van der Waals surface area contributed by atoms with E-state index in [9.17, 15) is 12.8 Å². The number of ether oxygens (including phenoxy) is 2. The quantitative estimate of drug-likeness (QED) is 0.867. The van der Waals surface area contributed by atoms with E-state index in [-0.39, 0.29) is 18.2 Å². The molecule has 1 aliphatic heterocycles. The Morgan fingerprint density at radius 1 is 1.14 bits per heavy atom. The van der Waals surface area contributed by atoms with Crippen LogP contribution >= 0.6 is 0 Å². The molecule has 1 heterocycles. The minimum Gasteiger partial charge on any atom is -0.454 e. The van der Waals surface area contributed by atoms with Crippen LogP contribution in [0.5, 0.6) is 11.5 Å². The van der Waals surface area contributed by atoms with Crippen molar-refractivity contribution in [2.75, 3.05) is 13.8 Å². The van der Waals surface area contributed by atoms with Gasteiger partial charge in [-0.1, -0.05) is 12.1 Å². The van der Waals surface area contributed by atoms with Crippen LogP contribution in [0.4, 0.5) is 4.39 Å². The maximum absolute atomic E-state index is 13.2. The molecule has 0 bridgehead atoms. The lowest BCUT2D eigenvalue weighted by Crippen LogP contribution is -2.26. The number of hydrogen-bond donors (Lipinski definition) is 0. The van der Waals surface area contributed by atoms with E-state index in [0.29, 0.717) is 11.5 Å². The van der Waals surface area contributed by atoms with Crippen LogP contribution in [0.25, 0.3) is 0 Å². The van der Waals surface area contributed by atoms with Crippen LogP contribution < -0.4 is 9.47 Å². The van der Waals surface area contributed by atoms with Crippen LogP contribution in [0.1, 0.15) is 5.56 Å². The zero-order chi connectivity index (χ0) is 15.7. The second kappa shape index (κ2) is 5.58. The molecule has 22 heavy (non-hydrogen) atoms. The van der Waals surface area contributed by atoms with Crippen molar-refractivity contribution in [1.82, 2.24) is 4.31 Å². The van der Waals surface area contributed by atoms with Gasteiger partial charge in [-0.3, -0.25) is 0 Å². The normalized spacial score (nSPS) is 13.6. The molecule has 2 aromatic rings. The Bertz CT molecular complexity index is 807. The molecule has 0 radical (unpaired) electrons. The van der Waals surface area contributed by atoms with Crippen molar-refractivity contribution in [2.45, 2.75) is 11.4 Å². The third-order valence-electron chi connectivity index (χ3n) is 3.35. The topological polar surface area (TPSA) is 55.8 Å². The van der Waals surface area contributed by atoms with Crippen LogP contribution in [-0.2, 0) is 16.6 Å². The molecule has 0 saturated carbocycles. The summed E-state index contributed by atoms with van der Waals surface area (Å²) in [6, 6.07) is 10.2. The van der Waals surface area contributed by atoms with Crippen molar-refractivity contribution in [2.24, 2.45) is 0 Å². The van der Waals surface area contributed by atoms with Crippen molar-refractivity contribution < 1.29 is 22.3 Å². The van der Waals surface area contributed by atoms with Crippen molar-refractivity contribution in [3.63, 3.8) is 0 Å². The summed E-state index contributed by atoms with van der Waals surface area (Å²) >= 11 is 0. The highest BCUT2D eigenvalue weighted by atomic mass is 32.2. The van der Waals surface area contributed by atoms with E-state index in [2.05, 4.69) is 0 Å². The molecule has 3 rings (SSSR count). The summed E-state index contributed by atoms with van der Waals surface area (Å²) in [7, 11) is -2.30. The van der Waals surface area contributed by atoms with Crippen LogP contribution in [0, 0.1) is 5.82 Å². The molecule has 0 amide bonds. The summed E-state index contributed by atoms with van der Waals surface area (Å²) in [4.78, 5) is -0.0734. The Labute approximate surface area is 127 Å². The number of fused-ring (bicyclic) bond motifs is 1. The van der Waals surface area contributed by atoms with Gasteiger partial charge in [0.1, 0.15) is 5.82 Å². The summed E-state index contributed by atoms with van der Waals surface area (Å²) in [5, 5.41) is 0. The van der Waals surface area contributed by atoms with Gasteiger partial charge in [-0.05, 0) is 35.9 Å². The van der Waals surface area contributed by atoms with Gasteiger partial charge in [-0.15, -0.1) is 0 Å². The second-order valence-corrected chi connectivity index (χ2v) is 6.95. The Balaban J connectivity index is 1.83. The van der Waals surface area contributed by atoms with Crippen LogP contribution in [0.2, 0.25) is 0 Å². The maximum atomic E-state index is 13.2. The molecule has 0 atom stereocenters. The molecule has 1 aliphatic rings. The van der Waals surface area contributed by atoms with Gasteiger partial charge in [0.2, 0.25) is 16.8 Å². The van der Waals surface area contributed by atoms with Crippen molar-refractivity contribution in [3.8, 4) is 11.5 Å². The van der Waals surface area contributed by atoms with E-state index in [1.807, 2.05) is 0 Å². The molecular weight excluding hydrogens is 309 g/mol. The molecule has 0 fully saturated rings. The van der Waals surface area contributed by atoms with Gasteiger partial charge in [0.05, 0.1) is 4.90 Å². The summed E-state index contributed by atoms with van der Waals surface area (Å²) < 4.78 is 49.7. The van der Waals surface area contributed by atoms with Gasteiger partial charge in [-0.2, -0.15) is 4.31 Å². The third-order valence-corrected chi connectivity index (χ3v) is 5.15. The number of hydrogen-bond acceptors (Lipinski definition) is 4. The van der Waals surface area contributed by atoms with Crippen LogP contribution in [-0.4, -0.2) is 26.6 Å². The van der Waals surface area contributed by atoms with E-state index >= 15 is 0 Å². The first-order chi connectivity index (χ1) is 10.5. The Kier molecular flexibility index (Phi) is 3.76. The summed E-state index contributed by atoms with van der Waals surface area (Å²) in [5.41, 5.74) is 0.756. The molecule has 0 spiro atoms. The van der Waals surface area contributed by atoms with Gasteiger partial charge in [0, 0.05) is 13.6 Å². The molecule has 2 aromatic carbocycles. The highest BCUT2D eigenvalue weighted by Gasteiger charge is 2.22. The standard InChI is InChI=1S/C15H14FNO4S/c1-17(22(18,19)13-4-2-3-12(16)8-13)9-11-5-6-14-15(7-11)21-10-20-14/h2-8H,9-10H2,1H3. The zero-order valence-electron chi connectivity index (χ0n) is 11.8. The molecule has 0 N–H and O–H groups in total. The van der Waals surface area contributed by atoms with Gasteiger partial charge >= 0.3 is 0 Å². The fourth-order valence-electron chi connectivity index (χ4n) is 2.19. The average Bonchev–Trinajstić information content (AvgIpc) is 2.94. The van der Waals surface area contributed by atoms with Crippen molar-refractivity contribution >= 4 is 10.0 Å². The van der Waals surface area contributed by atoms with Gasteiger partial charge < -0.3 is 9.47 Å². The van der Waals surface area contributed by atoms with E-state index in [0.717, 1.165) is 11.6 Å². The van der Waals surface area contributed by atoms with Crippen molar-refractivity contribution in [3.05, 3.63) is 53.8 Å². The summed E-state index contributed by atoms with van der Waals surface area (Å²) in [6.07, 6.45) is 0. The smallest absolute Gasteiger partial charge is 0.243 e. The van der Waals surface area contributed by atoms with Crippen molar-refractivity contribution in [1.29, 1.82) is 0 Å². The monoisotopic (exact) mass is 323 g/mol. The summed E-state index contributed by atoms with van der Waals surface area (Å²) in [5.74, 6) is 0.644. The molecule has 0 saturated heterocycles. The molecule has 7 heteroatoms. The van der Waals surface area contributed by atoms with E-state index in [1.165, 1.54) is 29.6 Å². The first-order valence-electron chi connectivity index (χ1n) is 6.57. The fraction of sp³-hybridized carbons (Fsp3) is 0.200. The first kappa shape index (κ1) is 14.8. The number of halogens is 1. The van der Waals surface area contributed by atoms with E-state index < -0.39 is 15.8 Å². The predicted octanol–water partition coefficient (Wildman–Crippen LogP) is 2.38. The third kappa shape index (κ3) is 2.77. The van der Waals surface area contributed by atoms with E-state index in [4.69, 9.17) is 9.47 Å². The lowest BCUT2D eigenvalue weighted by molar-refractivity contribution is 0.174. The molecule has 116 valence electrons. The Hall–Kier alpha value is -2.12. The van der Waals surface area contributed by atoms with Crippen LogP contribution in [0.3, 0.4) is 0 Å². The van der Waals surface area contributed by atoms with E-state index in [1.54, 1.807) is 18.2 Å². The molecule has 0 unspecified atom stereocenters. The summed E-state index contributed by atoms with van der Waals surface area (Å²) in [6.45, 7) is 0.311. The molecule has 0 aliphatic carbocycles. The zero-order valence-corrected chi connectivity index (χ0v) is 12.6. The number of benzene rings is 2. The SMILES string of the molecule is CN(Cc1ccc2c(c1)OCO2)S(=O)(=O)c1cccc(F)c1. The van der Waals surface area contributed by atoms with Crippen LogP contribution in [0.15, 0.2) is 47.4 Å². The average molecular weight is 323 g/mol. The highest BCUT2D eigenvalue weighted by Crippen LogP contribution is 2.33. The predicted molar refractivity (Wildman–Crippen MR) is 77.6 cm³/mol. The Morgan fingerprint density at radius 2 is 1.91 bits per heavy atom. The minimum atomic E-state index is -3.75. The lowest BCUT2D eigenvalue weighted by Gasteiger charge is -2.17. The van der Waals surface area contributed by atoms with Gasteiger partial charge in [0.15, 0.2) is 11.5 Å². The molecule has 5 nitrogen and oxygen atoms in total. The molecular formula is C15H14FNO4S. The lowest BCUT2D eigenvalue weighted by atomic mass is 10.2. The maximum Gasteiger partial charge on any atom is 0.243 e. The number of nitrogens with zero attached hydrogens (tertiary/aromatic N) is 1. The molecule has 0 aromatic heterocycles. The van der Waals surface area contributed by atoms with Gasteiger partial charge in [-0.25, -0.2) is 12.8 Å². The number of sulfonamides is 1. The highest BCUT2D eigenvalue weighted by molar-refractivity contribution is 7.89. The first-order valence-corrected chi connectivity index (χ1v) is 8.01. The van der Waals surface area contributed by atoms with Gasteiger partial charge in [0.25, 0.3) is 0 Å². The second-order valence-electron chi connectivity index (χ2n) is 4.91. The number of rotatable bonds is 4.